The van der Waals surface area contributed by atoms with Gasteiger partial charge in [0.25, 0.3) is 0 Å². The predicted octanol–water partition coefficient (Wildman–Crippen LogP) is 4.02. The van der Waals surface area contributed by atoms with E-state index in [1.165, 1.54) is 16.9 Å². The van der Waals surface area contributed by atoms with E-state index in [9.17, 15) is 0 Å². The van der Waals surface area contributed by atoms with Crippen LogP contribution in [0.1, 0.15) is 29.3 Å². The van der Waals surface area contributed by atoms with Crippen molar-refractivity contribution in [2.75, 3.05) is 12.5 Å². The molecule has 2 aromatic heterocycles. The molecule has 1 aromatic carbocycles. The number of nitrogens with zero attached hydrogens (tertiary/aromatic N) is 3. The summed E-state index contributed by atoms with van der Waals surface area (Å²) in [5.74, 6) is 1.64. The molecule has 122 valence electrons. The molecule has 6 heteroatoms. The number of anilines is 1. The molecular weight excluding hydrogens is 320 g/mol. The van der Waals surface area contributed by atoms with Crippen molar-refractivity contribution in [2.45, 2.75) is 26.2 Å². The Morgan fingerprint density at radius 1 is 1.21 bits per heavy atom. The van der Waals surface area contributed by atoms with Gasteiger partial charge in [0.05, 0.1) is 18.2 Å². The molecule has 0 aliphatic heterocycles. The second-order valence-electron chi connectivity index (χ2n) is 5.80. The van der Waals surface area contributed by atoms with Crippen LogP contribution in [0.25, 0.3) is 10.2 Å². The molecule has 0 unspecified atom stereocenters. The first-order valence-corrected chi connectivity index (χ1v) is 8.78. The van der Waals surface area contributed by atoms with Crippen LogP contribution in [0.2, 0.25) is 0 Å². The van der Waals surface area contributed by atoms with Gasteiger partial charge in [-0.05, 0) is 61.6 Å². The number of aromatic nitrogens is 2. The minimum atomic E-state index is 0.798. The predicted molar refractivity (Wildman–Crippen MR) is 98.3 cm³/mol. The summed E-state index contributed by atoms with van der Waals surface area (Å²) in [6, 6.07) is 7.86. The summed E-state index contributed by atoms with van der Waals surface area (Å²) in [6.07, 6.45) is 5.09. The van der Waals surface area contributed by atoms with Crippen molar-refractivity contribution < 1.29 is 4.74 Å². The molecule has 2 heterocycles. The zero-order valence-electron chi connectivity index (χ0n) is 13.7. The maximum absolute atomic E-state index is 5.19. The van der Waals surface area contributed by atoms with E-state index in [1.54, 1.807) is 24.8 Å². The van der Waals surface area contributed by atoms with Crippen molar-refractivity contribution in [1.82, 2.24) is 9.97 Å². The Morgan fingerprint density at radius 3 is 2.83 bits per heavy atom. The molecular formula is C18H18N4OS. The van der Waals surface area contributed by atoms with Crippen LogP contribution in [0, 0.1) is 0 Å². The van der Waals surface area contributed by atoms with Crippen LogP contribution in [0.4, 0.5) is 5.82 Å². The lowest BCUT2D eigenvalue weighted by atomic mass is 10.1. The minimum Gasteiger partial charge on any atom is -0.497 e. The average molecular weight is 338 g/mol. The highest BCUT2D eigenvalue weighted by Gasteiger charge is 2.21. The maximum Gasteiger partial charge on any atom is 0.158 e. The van der Waals surface area contributed by atoms with Crippen molar-refractivity contribution in [1.29, 1.82) is 0 Å². The number of hydrogen-bond donors (Lipinski definition) is 1. The largest absolute Gasteiger partial charge is 0.497 e. The summed E-state index contributed by atoms with van der Waals surface area (Å²) in [5.41, 5.74) is 6.49. The number of hydrazone groups is 1. The molecule has 5 nitrogen and oxygen atoms in total. The molecule has 24 heavy (non-hydrogen) atoms. The zero-order chi connectivity index (χ0) is 16.5. The summed E-state index contributed by atoms with van der Waals surface area (Å²) in [6.45, 7) is 1.98. The lowest BCUT2D eigenvalue weighted by Gasteiger charge is -2.06. The molecule has 0 saturated heterocycles. The third kappa shape index (κ3) is 2.63. The van der Waals surface area contributed by atoms with Gasteiger partial charge in [-0.3, -0.25) is 5.43 Å². The number of aryl methyl sites for hydroxylation is 2. The van der Waals surface area contributed by atoms with E-state index in [2.05, 4.69) is 20.5 Å². The van der Waals surface area contributed by atoms with Crippen LogP contribution in [0.3, 0.4) is 0 Å². The first-order valence-electron chi connectivity index (χ1n) is 7.96. The van der Waals surface area contributed by atoms with Crippen molar-refractivity contribution in [3.05, 3.63) is 46.6 Å². The first kappa shape index (κ1) is 15.1. The van der Waals surface area contributed by atoms with Crippen molar-refractivity contribution in [3.8, 4) is 5.75 Å². The summed E-state index contributed by atoms with van der Waals surface area (Å²) in [4.78, 5) is 11.3. The fourth-order valence-corrected chi connectivity index (χ4v) is 4.28. The SMILES string of the molecule is COc1ccc(/C(C)=N\Nc2ncnc3sc4c(c23)CCC4)cc1. The lowest BCUT2D eigenvalue weighted by molar-refractivity contribution is 0.415. The van der Waals surface area contributed by atoms with Gasteiger partial charge in [0, 0.05) is 4.88 Å². The number of methoxy groups -OCH3 is 1. The number of ether oxygens (including phenoxy) is 1. The van der Waals surface area contributed by atoms with Gasteiger partial charge < -0.3 is 4.74 Å². The standard InChI is InChI=1S/C18H18N4OS/c1-11(12-6-8-13(23-2)9-7-12)21-22-17-16-14-4-3-5-15(14)24-18(16)20-10-19-17/h6-10H,3-5H2,1-2H3,(H,19,20,22)/b21-11-. The summed E-state index contributed by atoms with van der Waals surface area (Å²) >= 11 is 1.78. The highest BCUT2D eigenvalue weighted by Crippen LogP contribution is 2.38. The topological polar surface area (TPSA) is 59.4 Å². The quantitative estimate of drug-likeness (QED) is 0.576. The lowest BCUT2D eigenvalue weighted by Crippen LogP contribution is -2.01. The molecule has 4 rings (SSSR count). The molecule has 0 bridgehead atoms. The van der Waals surface area contributed by atoms with Gasteiger partial charge in [-0.15, -0.1) is 11.3 Å². The first-order chi connectivity index (χ1) is 11.8. The van der Waals surface area contributed by atoms with Crippen LogP contribution < -0.4 is 10.2 Å². The summed E-state index contributed by atoms with van der Waals surface area (Å²) in [7, 11) is 1.66. The minimum absolute atomic E-state index is 0.798. The number of fused-ring (bicyclic) bond motifs is 3. The van der Waals surface area contributed by atoms with Gasteiger partial charge in [-0.1, -0.05) is 0 Å². The van der Waals surface area contributed by atoms with Gasteiger partial charge in [0.1, 0.15) is 16.9 Å². The van der Waals surface area contributed by atoms with Gasteiger partial charge in [-0.2, -0.15) is 5.10 Å². The number of hydrogen-bond acceptors (Lipinski definition) is 6. The van der Waals surface area contributed by atoms with E-state index in [1.807, 2.05) is 31.2 Å². The number of benzene rings is 1. The molecule has 1 aliphatic rings. The molecule has 0 atom stereocenters. The molecule has 0 saturated carbocycles. The third-order valence-electron chi connectivity index (χ3n) is 4.34. The van der Waals surface area contributed by atoms with Crippen LogP contribution in [0.15, 0.2) is 35.7 Å². The third-order valence-corrected chi connectivity index (χ3v) is 5.54. The normalized spacial score (nSPS) is 14.0. The summed E-state index contributed by atoms with van der Waals surface area (Å²) in [5, 5.41) is 5.66. The monoisotopic (exact) mass is 338 g/mol. The van der Waals surface area contributed by atoms with Crippen molar-refractivity contribution in [2.24, 2.45) is 5.10 Å². The van der Waals surface area contributed by atoms with E-state index in [0.717, 1.165) is 45.9 Å². The highest BCUT2D eigenvalue weighted by atomic mass is 32.1. The Hall–Kier alpha value is -2.47. The Labute approximate surface area is 144 Å². The van der Waals surface area contributed by atoms with Crippen molar-refractivity contribution >= 4 is 33.1 Å². The molecule has 0 amide bonds. The zero-order valence-corrected chi connectivity index (χ0v) is 14.5. The molecule has 0 fully saturated rings. The van der Waals surface area contributed by atoms with E-state index >= 15 is 0 Å². The smallest absolute Gasteiger partial charge is 0.158 e. The average Bonchev–Trinajstić information content (AvgIpc) is 3.20. The van der Waals surface area contributed by atoms with Crippen LogP contribution in [-0.2, 0) is 12.8 Å². The molecule has 0 radical (unpaired) electrons. The molecule has 1 N–H and O–H groups in total. The maximum atomic E-state index is 5.19. The van der Waals surface area contributed by atoms with Gasteiger partial charge in [0.2, 0.25) is 0 Å². The Morgan fingerprint density at radius 2 is 2.04 bits per heavy atom. The van der Waals surface area contributed by atoms with Gasteiger partial charge >= 0.3 is 0 Å². The van der Waals surface area contributed by atoms with Gasteiger partial charge in [0.15, 0.2) is 5.82 Å². The summed E-state index contributed by atoms with van der Waals surface area (Å²) < 4.78 is 5.19. The Balaban J connectivity index is 1.64. The molecule has 3 aromatic rings. The van der Waals surface area contributed by atoms with Crippen LogP contribution in [0.5, 0.6) is 5.75 Å². The second kappa shape index (κ2) is 6.20. The number of nitrogens with one attached hydrogen (secondary N) is 1. The number of rotatable bonds is 4. The van der Waals surface area contributed by atoms with Crippen LogP contribution in [-0.4, -0.2) is 22.8 Å². The Kier molecular flexibility index (Phi) is 3.90. The van der Waals surface area contributed by atoms with Crippen LogP contribution >= 0.6 is 11.3 Å². The fourth-order valence-electron chi connectivity index (χ4n) is 3.05. The second-order valence-corrected chi connectivity index (χ2v) is 6.88. The van der Waals surface area contributed by atoms with E-state index in [0.29, 0.717) is 0 Å². The fraction of sp³-hybridized carbons (Fsp3) is 0.278. The van der Waals surface area contributed by atoms with E-state index in [-0.39, 0.29) is 0 Å². The highest BCUT2D eigenvalue weighted by molar-refractivity contribution is 7.19. The number of thiophene rings is 1. The van der Waals surface area contributed by atoms with E-state index < -0.39 is 0 Å². The van der Waals surface area contributed by atoms with Gasteiger partial charge in [-0.25, -0.2) is 9.97 Å². The molecule has 1 aliphatic carbocycles. The van der Waals surface area contributed by atoms with E-state index in [4.69, 9.17) is 4.74 Å². The Bertz CT molecular complexity index is 915. The van der Waals surface area contributed by atoms with Crippen molar-refractivity contribution in [3.63, 3.8) is 0 Å². The molecule has 0 spiro atoms.